The van der Waals surface area contributed by atoms with Crippen LogP contribution in [0.3, 0.4) is 0 Å². The second-order valence-electron chi connectivity index (χ2n) is 8.12. The van der Waals surface area contributed by atoms with Crippen LogP contribution in [0.15, 0.2) is 59.7 Å². The Bertz CT molecular complexity index is 1100. The van der Waals surface area contributed by atoms with Crippen LogP contribution in [0.25, 0.3) is 0 Å². The Labute approximate surface area is 202 Å². The van der Waals surface area contributed by atoms with Gasteiger partial charge in [0.1, 0.15) is 17.8 Å². The van der Waals surface area contributed by atoms with Gasteiger partial charge in [-0.3, -0.25) is 19.5 Å². The largest absolute Gasteiger partial charge is 0.468 e. The number of carbonyl (C=O) groups is 3. The molecule has 2 aliphatic heterocycles. The number of rotatable bonds is 6. The van der Waals surface area contributed by atoms with E-state index in [9.17, 15) is 14.4 Å². The van der Waals surface area contributed by atoms with E-state index in [1.807, 2.05) is 41.3 Å². The van der Waals surface area contributed by atoms with Crippen LogP contribution in [-0.4, -0.2) is 72.6 Å². The second-order valence-corrected chi connectivity index (χ2v) is 8.53. The normalized spacial score (nSPS) is 19.5. The molecule has 34 heavy (non-hydrogen) atoms. The number of anilines is 1. The van der Waals surface area contributed by atoms with Gasteiger partial charge in [0.2, 0.25) is 5.91 Å². The Balaban J connectivity index is 1.47. The molecule has 2 atom stereocenters. The first kappa shape index (κ1) is 23.7. The van der Waals surface area contributed by atoms with Crippen molar-refractivity contribution in [2.24, 2.45) is 10.8 Å². The van der Waals surface area contributed by atoms with Crippen molar-refractivity contribution in [3.8, 4) is 0 Å². The molecule has 2 heterocycles. The number of piperazine rings is 1. The summed E-state index contributed by atoms with van der Waals surface area (Å²) < 4.78 is 5.03. The number of methoxy groups -OCH3 is 1. The maximum absolute atomic E-state index is 13.2. The molecule has 2 aromatic rings. The van der Waals surface area contributed by atoms with Crippen LogP contribution in [0.5, 0.6) is 0 Å². The quantitative estimate of drug-likeness (QED) is 0.628. The van der Waals surface area contributed by atoms with Crippen molar-refractivity contribution >= 4 is 40.8 Å². The molecule has 1 saturated heterocycles. The highest BCUT2D eigenvalue weighted by atomic mass is 35.5. The molecule has 0 radical (unpaired) electrons. The molecule has 4 rings (SSSR count). The van der Waals surface area contributed by atoms with E-state index in [0.29, 0.717) is 42.5 Å². The Hall–Kier alpha value is -3.43. The van der Waals surface area contributed by atoms with Gasteiger partial charge in [0, 0.05) is 37.6 Å². The number of halogens is 1. The number of hydrogen-bond acceptors (Lipinski definition) is 7. The minimum absolute atomic E-state index is 0.147. The van der Waals surface area contributed by atoms with Crippen molar-refractivity contribution in [1.29, 1.82) is 0 Å². The van der Waals surface area contributed by atoms with E-state index < -0.39 is 24.0 Å². The topological polar surface area (TPSA) is 109 Å². The Morgan fingerprint density at radius 2 is 1.68 bits per heavy atom. The van der Waals surface area contributed by atoms with Crippen molar-refractivity contribution in [2.75, 3.05) is 38.3 Å². The summed E-state index contributed by atoms with van der Waals surface area (Å²) in [6.07, 6.45) is 0.147. The third-order valence-electron chi connectivity index (χ3n) is 6.10. The second kappa shape index (κ2) is 10.2. The molecule has 0 aliphatic carbocycles. The molecule has 0 saturated carbocycles. The van der Waals surface area contributed by atoms with Crippen LogP contribution in [0.1, 0.15) is 18.0 Å². The summed E-state index contributed by atoms with van der Waals surface area (Å²) in [6, 6.07) is 14.9. The molecule has 2 unspecified atom stereocenters. The lowest BCUT2D eigenvalue weighted by Crippen LogP contribution is -2.52. The van der Waals surface area contributed by atoms with Gasteiger partial charge in [-0.2, -0.15) is 5.10 Å². The average molecular weight is 484 g/mol. The van der Waals surface area contributed by atoms with Crippen molar-refractivity contribution in [3.63, 3.8) is 0 Å². The molecular formula is C24H26ClN5O4. The maximum atomic E-state index is 13.2. The summed E-state index contributed by atoms with van der Waals surface area (Å²) in [7, 11) is 1.35. The number of benzene rings is 2. The van der Waals surface area contributed by atoms with Gasteiger partial charge in [-0.05, 0) is 23.8 Å². The number of carbonyl (C=O) groups excluding carboxylic acids is 3. The first-order chi connectivity index (χ1) is 16.4. The van der Waals surface area contributed by atoms with E-state index >= 15 is 0 Å². The number of hydrazone groups is 1. The van der Waals surface area contributed by atoms with Crippen LogP contribution in [0, 0.1) is 0 Å². The molecule has 2 aromatic carbocycles. The molecular weight excluding hydrogens is 458 g/mol. The van der Waals surface area contributed by atoms with Crippen LogP contribution < -0.4 is 10.7 Å². The Morgan fingerprint density at radius 3 is 2.29 bits per heavy atom. The Morgan fingerprint density at radius 1 is 1.03 bits per heavy atom. The van der Waals surface area contributed by atoms with Gasteiger partial charge in [-0.25, -0.2) is 4.79 Å². The number of amides is 2. The lowest BCUT2D eigenvalue weighted by atomic mass is 10.0. The lowest BCUT2D eigenvalue weighted by Gasteiger charge is -2.38. The molecule has 0 bridgehead atoms. The zero-order valence-corrected chi connectivity index (χ0v) is 19.5. The monoisotopic (exact) mass is 483 g/mol. The molecule has 2 N–H and O–H groups in total. The first-order valence-corrected chi connectivity index (χ1v) is 11.3. The average Bonchev–Trinajstić information content (AvgIpc) is 3.32. The third kappa shape index (κ3) is 4.76. The van der Waals surface area contributed by atoms with E-state index in [2.05, 4.69) is 5.10 Å². The van der Waals surface area contributed by atoms with Crippen molar-refractivity contribution in [1.82, 2.24) is 9.80 Å². The number of ether oxygens (including phenoxy) is 1. The van der Waals surface area contributed by atoms with E-state index in [1.54, 1.807) is 23.1 Å². The lowest BCUT2D eigenvalue weighted by molar-refractivity contribution is -0.148. The number of esters is 1. The smallest absolute Gasteiger partial charge is 0.327 e. The van der Waals surface area contributed by atoms with Crippen LogP contribution in [0.4, 0.5) is 5.69 Å². The number of hydrogen-bond donors (Lipinski definition) is 1. The zero-order valence-electron chi connectivity index (χ0n) is 18.8. The van der Waals surface area contributed by atoms with Gasteiger partial charge < -0.3 is 15.4 Å². The molecule has 9 nitrogen and oxygen atoms in total. The zero-order chi connectivity index (χ0) is 24.2. The number of nitrogens with zero attached hydrogens (tertiary/aromatic N) is 4. The fourth-order valence-electron chi connectivity index (χ4n) is 4.33. The highest BCUT2D eigenvalue weighted by Gasteiger charge is 2.38. The van der Waals surface area contributed by atoms with Crippen molar-refractivity contribution in [2.45, 2.75) is 18.5 Å². The first-order valence-electron chi connectivity index (χ1n) is 11.0. The van der Waals surface area contributed by atoms with Crippen LogP contribution in [0.2, 0.25) is 5.02 Å². The van der Waals surface area contributed by atoms with Gasteiger partial charge in [-0.1, -0.05) is 48.0 Å². The minimum atomic E-state index is -0.716. The third-order valence-corrected chi connectivity index (χ3v) is 6.44. The summed E-state index contributed by atoms with van der Waals surface area (Å²) in [4.78, 5) is 41.5. The molecule has 0 aromatic heterocycles. The van der Waals surface area contributed by atoms with Gasteiger partial charge in [0.15, 0.2) is 0 Å². The highest BCUT2D eigenvalue weighted by molar-refractivity contribution is 6.40. The van der Waals surface area contributed by atoms with E-state index in [0.717, 1.165) is 0 Å². The predicted octanol–water partition coefficient (Wildman–Crippen LogP) is 1.82. The fourth-order valence-corrected chi connectivity index (χ4v) is 4.57. The van der Waals surface area contributed by atoms with Gasteiger partial charge >= 0.3 is 5.97 Å². The van der Waals surface area contributed by atoms with E-state index in [4.69, 9.17) is 22.1 Å². The van der Waals surface area contributed by atoms with E-state index in [1.165, 1.54) is 12.1 Å². The van der Waals surface area contributed by atoms with Gasteiger partial charge in [0.25, 0.3) is 5.91 Å². The van der Waals surface area contributed by atoms with Crippen molar-refractivity contribution < 1.29 is 19.1 Å². The van der Waals surface area contributed by atoms with Crippen LogP contribution in [-0.2, 0) is 19.1 Å². The van der Waals surface area contributed by atoms with Crippen molar-refractivity contribution in [3.05, 3.63) is 65.2 Å². The minimum Gasteiger partial charge on any atom is -0.468 e. The van der Waals surface area contributed by atoms with E-state index in [-0.39, 0.29) is 18.0 Å². The SMILES string of the molecule is COC(=O)C(c1ccccc1Cl)N1CCN(C(=O)C2=NN(c3ccccc3)C(C(N)=O)C2)CC1. The highest BCUT2D eigenvalue weighted by Crippen LogP contribution is 2.30. The molecule has 2 aliphatic rings. The molecule has 0 spiro atoms. The maximum Gasteiger partial charge on any atom is 0.327 e. The predicted molar refractivity (Wildman–Crippen MR) is 128 cm³/mol. The Kier molecular flexibility index (Phi) is 7.14. The summed E-state index contributed by atoms with van der Waals surface area (Å²) in [6.45, 7) is 1.68. The number of primary amides is 1. The van der Waals surface area contributed by atoms with Gasteiger partial charge in [0.05, 0.1) is 12.8 Å². The summed E-state index contributed by atoms with van der Waals surface area (Å²) >= 11 is 6.35. The number of para-hydroxylation sites is 1. The summed E-state index contributed by atoms with van der Waals surface area (Å²) in [5.74, 6) is -1.19. The van der Waals surface area contributed by atoms with Crippen LogP contribution >= 0.6 is 11.6 Å². The molecule has 1 fully saturated rings. The summed E-state index contributed by atoms with van der Waals surface area (Å²) in [5, 5.41) is 6.44. The fraction of sp³-hybridized carbons (Fsp3) is 0.333. The molecule has 2 amide bonds. The molecule has 178 valence electrons. The van der Waals surface area contributed by atoms with Gasteiger partial charge in [-0.15, -0.1) is 0 Å². The summed E-state index contributed by atoms with van der Waals surface area (Å²) in [5.41, 5.74) is 7.23. The molecule has 10 heteroatoms. The number of nitrogens with two attached hydrogens (primary N) is 1. The standard InChI is InChI=1S/C24H26ClN5O4/c1-34-24(33)21(17-9-5-6-10-18(17)25)28-11-13-29(14-12-28)23(32)19-15-20(22(26)31)30(27-19)16-7-3-2-4-8-16/h2-10,20-21H,11-15H2,1H3,(H2,26,31).